The predicted molar refractivity (Wildman–Crippen MR) is 66.7 cm³/mol. The molecule has 0 N–H and O–H groups in total. The van der Waals surface area contributed by atoms with E-state index in [2.05, 4.69) is 32.9 Å². The molecule has 0 amide bonds. The van der Waals surface area contributed by atoms with Crippen LogP contribution in [0.2, 0.25) is 0 Å². The number of aromatic nitrogens is 2. The van der Waals surface area contributed by atoms with Gasteiger partial charge in [-0.1, -0.05) is 18.2 Å². The lowest BCUT2D eigenvalue weighted by Crippen LogP contribution is -2.23. The standard InChI is InChI=1S/C13H17N3O/c1-15(2)13-12-10-6-3-4-7-11(10)14-16(12)8-5-9-17-13/h3-4,6-7,13H,5,8-9H2,1-2H3. The summed E-state index contributed by atoms with van der Waals surface area (Å²) in [5.74, 6) is 0. The van der Waals surface area contributed by atoms with Crippen LogP contribution in [0.4, 0.5) is 0 Å². The smallest absolute Gasteiger partial charge is 0.153 e. The quantitative estimate of drug-likeness (QED) is 0.752. The highest BCUT2D eigenvalue weighted by Gasteiger charge is 2.25. The molecule has 1 aliphatic rings. The zero-order valence-corrected chi connectivity index (χ0v) is 10.3. The topological polar surface area (TPSA) is 30.3 Å². The van der Waals surface area contributed by atoms with Crippen molar-refractivity contribution in [2.24, 2.45) is 0 Å². The molecule has 0 aliphatic carbocycles. The van der Waals surface area contributed by atoms with Gasteiger partial charge in [0.1, 0.15) is 0 Å². The lowest BCUT2D eigenvalue weighted by Gasteiger charge is -2.23. The zero-order valence-electron chi connectivity index (χ0n) is 10.3. The van der Waals surface area contributed by atoms with Gasteiger partial charge in [-0.25, -0.2) is 0 Å². The highest BCUT2D eigenvalue weighted by molar-refractivity contribution is 5.81. The Morgan fingerprint density at radius 3 is 3.00 bits per heavy atom. The third kappa shape index (κ3) is 1.73. The van der Waals surface area contributed by atoms with Crippen LogP contribution in [-0.2, 0) is 11.3 Å². The first-order valence-electron chi connectivity index (χ1n) is 6.01. The maximum atomic E-state index is 5.92. The van der Waals surface area contributed by atoms with Gasteiger partial charge in [-0.15, -0.1) is 0 Å². The summed E-state index contributed by atoms with van der Waals surface area (Å²) in [6.45, 7) is 1.73. The SMILES string of the molecule is CN(C)C1OCCCn2nc3ccccc3c21. The van der Waals surface area contributed by atoms with E-state index < -0.39 is 0 Å². The lowest BCUT2D eigenvalue weighted by atomic mass is 10.2. The van der Waals surface area contributed by atoms with E-state index in [1.165, 1.54) is 11.1 Å². The van der Waals surface area contributed by atoms with Crippen molar-refractivity contribution in [1.82, 2.24) is 14.7 Å². The minimum absolute atomic E-state index is 0.00454. The number of benzene rings is 1. The molecule has 1 aromatic carbocycles. The Kier molecular flexibility index (Phi) is 2.61. The molecule has 1 atom stereocenters. The van der Waals surface area contributed by atoms with E-state index in [9.17, 15) is 0 Å². The van der Waals surface area contributed by atoms with Crippen LogP contribution in [-0.4, -0.2) is 35.4 Å². The number of rotatable bonds is 1. The molecule has 0 saturated carbocycles. The van der Waals surface area contributed by atoms with E-state index in [0.717, 1.165) is 25.1 Å². The molecule has 0 bridgehead atoms. The number of ether oxygens (including phenoxy) is 1. The molecule has 2 aromatic rings. The first-order valence-corrected chi connectivity index (χ1v) is 6.01. The maximum Gasteiger partial charge on any atom is 0.153 e. The van der Waals surface area contributed by atoms with E-state index in [1.807, 2.05) is 20.2 Å². The van der Waals surface area contributed by atoms with Crippen molar-refractivity contribution in [2.75, 3.05) is 20.7 Å². The summed E-state index contributed by atoms with van der Waals surface area (Å²) in [6, 6.07) is 8.27. The number of hydrogen-bond donors (Lipinski definition) is 0. The molecule has 1 unspecified atom stereocenters. The molecule has 2 heterocycles. The molecule has 17 heavy (non-hydrogen) atoms. The number of aryl methyl sites for hydroxylation is 1. The normalized spacial score (nSPS) is 20.5. The Morgan fingerprint density at radius 2 is 2.18 bits per heavy atom. The van der Waals surface area contributed by atoms with Gasteiger partial charge in [-0.2, -0.15) is 5.10 Å². The minimum atomic E-state index is 0.00454. The van der Waals surface area contributed by atoms with Crippen LogP contribution in [0.15, 0.2) is 24.3 Å². The van der Waals surface area contributed by atoms with Crippen molar-refractivity contribution in [1.29, 1.82) is 0 Å². The number of fused-ring (bicyclic) bond motifs is 3. The van der Waals surface area contributed by atoms with Gasteiger partial charge < -0.3 is 4.74 Å². The van der Waals surface area contributed by atoms with Crippen LogP contribution >= 0.6 is 0 Å². The van der Waals surface area contributed by atoms with Crippen molar-refractivity contribution >= 4 is 10.9 Å². The summed E-state index contributed by atoms with van der Waals surface area (Å²) in [5, 5.41) is 5.86. The van der Waals surface area contributed by atoms with Crippen molar-refractivity contribution in [3.8, 4) is 0 Å². The molecule has 0 radical (unpaired) electrons. The molecule has 90 valence electrons. The van der Waals surface area contributed by atoms with Crippen LogP contribution in [0.5, 0.6) is 0 Å². The molecule has 1 aromatic heterocycles. The van der Waals surface area contributed by atoms with Crippen LogP contribution in [0.25, 0.3) is 10.9 Å². The molecular formula is C13H17N3O. The van der Waals surface area contributed by atoms with Crippen LogP contribution in [0.1, 0.15) is 18.3 Å². The van der Waals surface area contributed by atoms with Gasteiger partial charge in [0.2, 0.25) is 0 Å². The second kappa shape index (κ2) is 4.13. The molecule has 3 rings (SSSR count). The molecule has 0 spiro atoms. The average molecular weight is 231 g/mol. The first-order chi connectivity index (χ1) is 8.27. The lowest BCUT2D eigenvalue weighted by molar-refractivity contribution is -0.0356. The van der Waals surface area contributed by atoms with Crippen LogP contribution < -0.4 is 0 Å². The van der Waals surface area contributed by atoms with Crippen LogP contribution in [0, 0.1) is 0 Å². The largest absolute Gasteiger partial charge is 0.357 e. The second-order valence-electron chi connectivity index (χ2n) is 4.67. The maximum absolute atomic E-state index is 5.92. The molecule has 1 aliphatic heterocycles. The monoisotopic (exact) mass is 231 g/mol. The van der Waals surface area contributed by atoms with E-state index in [4.69, 9.17) is 4.74 Å². The summed E-state index contributed by atoms with van der Waals surface area (Å²) in [6.07, 6.45) is 1.02. The van der Waals surface area contributed by atoms with E-state index in [-0.39, 0.29) is 6.23 Å². The van der Waals surface area contributed by atoms with Crippen molar-refractivity contribution in [3.05, 3.63) is 30.0 Å². The van der Waals surface area contributed by atoms with Gasteiger partial charge in [-0.05, 0) is 26.6 Å². The predicted octanol–water partition coefficient (Wildman–Crippen LogP) is 2.02. The summed E-state index contributed by atoms with van der Waals surface area (Å²) >= 11 is 0. The summed E-state index contributed by atoms with van der Waals surface area (Å²) < 4.78 is 8.02. The van der Waals surface area contributed by atoms with Gasteiger partial charge in [0.25, 0.3) is 0 Å². The fourth-order valence-electron chi connectivity index (χ4n) is 2.41. The molecule has 4 heteroatoms. The number of nitrogens with zero attached hydrogens (tertiary/aromatic N) is 3. The van der Waals surface area contributed by atoms with Crippen molar-refractivity contribution < 1.29 is 4.74 Å². The number of hydrogen-bond acceptors (Lipinski definition) is 3. The van der Waals surface area contributed by atoms with Crippen LogP contribution in [0.3, 0.4) is 0 Å². The third-order valence-electron chi connectivity index (χ3n) is 3.18. The molecule has 0 fully saturated rings. The molecular weight excluding hydrogens is 214 g/mol. The Balaban J connectivity index is 2.22. The van der Waals surface area contributed by atoms with Gasteiger partial charge >= 0.3 is 0 Å². The van der Waals surface area contributed by atoms with E-state index in [1.54, 1.807) is 0 Å². The fourth-order valence-corrected chi connectivity index (χ4v) is 2.41. The zero-order chi connectivity index (χ0) is 11.8. The third-order valence-corrected chi connectivity index (χ3v) is 3.18. The van der Waals surface area contributed by atoms with Gasteiger partial charge in [0, 0.05) is 11.9 Å². The highest BCUT2D eigenvalue weighted by atomic mass is 16.5. The first kappa shape index (κ1) is 10.7. The summed E-state index contributed by atoms with van der Waals surface area (Å²) in [5.41, 5.74) is 2.24. The van der Waals surface area contributed by atoms with E-state index in [0.29, 0.717) is 0 Å². The highest BCUT2D eigenvalue weighted by Crippen LogP contribution is 2.30. The Bertz CT molecular complexity index is 532. The van der Waals surface area contributed by atoms with Gasteiger partial charge in [-0.3, -0.25) is 9.58 Å². The minimum Gasteiger partial charge on any atom is -0.357 e. The van der Waals surface area contributed by atoms with Gasteiger partial charge in [0.15, 0.2) is 6.23 Å². The fraction of sp³-hybridized carbons (Fsp3) is 0.462. The van der Waals surface area contributed by atoms with Crippen molar-refractivity contribution in [2.45, 2.75) is 19.2 Å². The molecule has 0 saturated heterocycles. The second-order valence-corrected chi connectivity index (χ2v) is 4.67. The summed E-state index contributed by atoms with van der Waals surface area (Å²) in [7, 11) is 4.09. The Hall–Kier alpha value is -1.39. The Labute approximate surface area is 101 Å². The Morgan fingerprint density at radius 1 is 1.35 bits per heavy atom. The summed E-state index contributed by atoms with van der Waals surface area (Å²) in [4.78, 5) is 2.10. The molecule has 4 nitrogen and oxygen atoms in total. The van der Waals surface area contributed by atoms with Crippen molar-refractivity contribution in [3.63, 3.8) is 0 Å². The average Bonchev–Trinajstić information content (AvgIpc) is 2.54. The van der Waals surface area contributed by atoms with Gasteiger partial charge in [0.05, 0.1) is 17.8 Å². The van der Waals surface area contributed by atoms with E-state index >= 15 is 0 Å².